The van der Waals surface area contributed by atoms with Gasteiger partial charge in [0.25, 0.3) is 0 Å². The molecule has 1 aliphatic carbocycles. The summed E-state index contributed by atoms with van der Waals surface area (Å²) in [6.07, 6.45) is 2.55. The Morgan fingerprint density at radius 1 is 1.39 bits per heavy atom. The van der Waals surface area contributed by atoms with Crippen LogP contribution in [0.3, 0.4) is 0 Å². The van der Waals surface area contributed by atoms with Gasteiger partial charge in [-0.2, -0.15) is 0 Å². The van der Waals surface area contributed by atoms with E-state index in [0.29, 0.717) is 5.02 Å². The van der Waals surface area contributed by atoms with Gasteiger partial charge in [0.05, 0.1) is 12.0 Å². The van der Waals surface area contributed by atoms with Gasteiger partial charge in [-0.3, -0.25) is 9.59 Å². The Labute approximate surface area is 110 Å². The van der Waals surface area contributed by atoms with E-state index >= 15 is 0 Å². The Morgan fingerprint density at radius 2 is 2.11 bits per heavy atom. The predicted molar refractivity (Wildman–Crippen MR) is 69.2 cm³/mol. The molecule has 0 radical (unpaired) electrons. The Kier molecular flexibility index (Phi) is 3.57. The molecule has 1 aliphatic rings. The van der Waals surface area contributed by atoms with Gasteiger partial charge in [0.1, 0.15) is 0 Å². The zero-order valence-electron chi connectivity index (χ0n) is 9.91. The third kappa shape index (κ3) is 2.34. The van der Waals surface area contributed by atoms with Crippen molar-refractivity contribution in [2.24, 2.45) is 5.73 Å². The van der Waals surface area contributed by atoms with Gasteiger partial charge in [-0.25, -0.2) is 0 Å². The summed E-state index contributed by atoms with van der Waals surface area (Å²) in [5.74, 6) is -0.682. The molecule has 0 aliphatic heterocycles. The van der Waals surface area contributed by atoms with E-state index in [1.54, 1.807) is 6.07 Å². The molecule has 1 aromatic rings. The van der Waals surface area contributed by atoms with Crippen LogP contribution in [-0.2, 0) is 15.0 Å². The molecule has 0 bridgehead atoms. The van der Waals surface area contributed by atoms with E-state index in [1.165, 1.54) is 0 Å². The summed E-state index contributed by atoms with van der Waals surface area (Å²) in [7, 11) is 0. The molecule has 1 fully saturated rings. The summed E-state index contributed by atoms with van der Waals surface area (Å²) in [5, 5.41) is 3.20. The highest BCUT2D eigenvalue weighted by atomic mass is 35.5. The van der Waals surface area contributed by atoms with E-state index < -0.39 is 11.3 Å². The zero-order valence-corrected chi connectivity index (χ0v) is 10.7. The number of rotatable bonds is 4. The molecule has 2 amide bonds. The molecule has 0 atom stereocenters. The third-order valence-electron chi connectivity index (χ3n) is 3.44. The lowest BCUT2D eigenvalue weighted by Crippen LogP contribution is -2.50. The smallest absolute Gasteiger partial charge is 0.236 e. The van der Waals surface area contributed by atoms with Crippen molar-refractivity contribution >= 4 is 23.4 Å². The summed E-state index contributed by atoms with van der Waals surface area (Å²) in [6, 6.07) is 7.32. The van der Waals surface area contributed by atoms with Crippen molar-refractivity contribution in [1.82, 2.24) is 5.32 Å². The molecule has 18 heavy (non-hydrogen) atoms. The minimum atomic E-state index is -0.541. The van der Waals surface area contributed by atoms with Crippen molar-refractivity contribution < 1.29 is 9.59 Å². The summed E-state index contributed by atoms with van der Waals surface area (Å²) in [6.45, 7) is -0.124. The summed E-state index contributed by atoms with van der Waals surface area (Å²) in [5.41, 5.74) is 5.40. The summed E-state index contributed by atoms with van der Waals surface area (Å²) >= 11 is 5.96. The van der Waals surface area contributed by atoms with Crippen LogP contribution in [0.2, 0.25) is 5.02 Å². The lowest BCUT2D eigenvalue weighted by Gasteiger charge is -2.40. The van der Waals surface area contributed by atoms with Crippen molar-refractivity contribution in [3.8, 4) is 0 Å². The number of primary amides is 1. The molecular formula is C13H15ClN2O2. The fraction of sp³-hybridized carbons (Fsp3) is 0.385. The lowest BCUT2D eigenvalue weighted by molar-refractivity contribution is -0.131. The fourth-order valence-corrected chi connectivity index (χ4v) is 2.49. The van der Waals surface area contributed by atoms with Gasteiger partial charge in [-0.1, -0.05) is 30.2 Å². The highest BCUT2D eigenvalue weighted by Gasteiger charge is 2.45. The van der Waals surface area contributed by atoms with Crippen LogP contribution in [0, 0.1) is 0 Å². The number of nitrogens with one attached hydrogen (secondary N) is 1. The van der Waals surface area contributed by atoms with E-state index in [0.717, 1.165) is 24.8 Å². The number of hydrogen-bond acceptors (Lipinski definition) is 2. The fourth-order valence-electron chi connectivity index (χ4n) is 2.30. The van der Waals surface area contributed by atoms with Gasteiger partial charge >= 0.3 is 0 Å². The predicted octanol–water partition coefficient (Wildman–Crippen LogP) is 1.36. The second-order valence-electron chi connectivity index (χ2n) is 4.59. The first-order valence-electron chi connectivity index (χ1n) is 5.87. The van der Waals surface area contributed by atoms with E-state index in [4.69, 9.17) is 17.3 Å². The quantitative estimate of drug-likeness (QED) is 0.864. The second-order valence-corrected chi connectivity index (χ2v) is 5.03. The zero-order chi connectivity index (χ0) is 13.2. The largest absolute Gasteiger partial charge is 0.368 e. The van der Waals surface area contributed by atoms with E-state index in [-0.39, 0.29) is 12.5 Å². The number of carbonyl (C=O) groups excluding carboxylic acids is 2. The van der Waals surface area contributed by atoms with Crippen LogP contribution in [0.25, 0.3) is 0 Å². The van der Waals surface area contributed by atoms with Crippen LogP contribution in [0.1, 0.15) is 24.8 Å². The molecule has 0 saturated heterocycles. The van der Waals surface area contributed by atoms with Crippen molar-refractivity contribution in [3.63, 3.8) is 0 Å². The highest BCUT2D eigenvalue weighted by Crippen LogP contribution is 2.44. The molecule has 4 nitrogen and oxygen atoms in total. The Hall–Kier alpha value is -1.55. The standard InChI is InChI=1S/C13H15ClN2O2/c14-10-4-1-3-9(7-10)13(5-2-6-13)12(18)16-8-11(15)17/h1,3-4,7H,2,5-6,8H2,(H2,15,17)(H,16,18). The summed E-state index contributed by atoms with van der Waals surface area (Å²) < 4.78 is 0. The lowest BCUT2D eigenvalue weighted by atomic mass is 9.64. The maximum atomic E-state index is 12.2. The average molecular weight is 267 g/mol. The third-order valence-corrected chi connectivity index (χ3v) is 3.68. The molecule has 96 valence electrons. The summed E-state index contributed by atoms with van der Waals surface area (Å²) in [4.78, 5) is 22.9. The van der Waals surface area contributed by atoms with Crippen LogP contribution >= 0.6 is 11.6 Å². The van der Waals surface area contributed by atoms with Crippen LogP contribution < -0.4 is 11.1 Å². The Bertz CT molecular complexity index is 484. The van der Waals surface area contributed by atoms with Gasteiger partial charge in [0.2, 0.25) is 11.8 Å². The molecule has 1 aromatic carbocycles. The maximum absolute atomic E-state index is 12.2. The maximum Gasteiger partial charge on any atom is 0.236 e. The highest BCUT2D eigenvalue weighted by molar-refractivity contribution is 6.30. The number of amides is 2. The van der Waals surface area contributed by atoms with Gasteiger partial charge < -0.3 is 11.1 Å². The molecule has 0 heterocycles. The van der Waals surface area contributed by atoms with Crippen LogP contribution in [0.4, 0.5) is 0 Å². The van der Waals surface area contributed by atoms with E-state index in [1.807, 2.05) is 18.2 Å². The van der Waals surface area contributed by atoms with Crippen molar-refractivity contribution in [2.75, 3.05) is 6.54 Å². The minimum absolute atomic E-state index is 0.124. The topological polar surface area (TPSA) is 72.2 Å². The molecule has 3 N–H and O–H groups in total. The molecule has 0 unspecified atom stereocenters. The number of hydrogen-bond donors (Lipinski definition) is 2. The van der Waals surface area contributed by atoms with E-state index in [2.05, 4.69) is 5.32 Å². The minimum Gasteiger partial charge on any atom is -0.368 e. The van der Waals surface area contributed by atoms with E-state index in [9.17, 15) is 9.59 Å². The number of carbonyl (C=O) groups is 2. The SMILES string of the molecule is NC(=O)CNC(=O)C1(c2cccc(Cl)c2)CCC1. The van der Waals surface area contributed by atoms with Crippen LogP contribution in [0.15, 0.2) is 24.3 Å². The number of benzene rings is 1. The van der Waals surface area contributed by atoms with Crippen molar-refractivity contribution in [1.29, 1.82) is 0 Å². The molecule has 5 heteroatoms. The molecule has 0 spiro atoms. The first-order chi connectivity index (χ1) is 8.54. The Balaban J connectivity index is 2.20. The average Bonchev–Trinajstić information content (AvgIpc) is 2.25. The van der Waals surface area contributed by atoms with Crippen LogP contribution in [-0.4, -0.2) is 18.4 Å². The first-order valence-corrected chi connectivity index (χ1v) is 6.25. The van der Waals surface area contributed by atoms with Gasteiger partial charge in [0, 0.05) is 5.02 Å². The molecule has 0 aromatic heterocycles. The van der Waals surface area contributed by atoms with Crippen molar-refractivity contribution in [2.45, 2.75) is 24.7 Å². The normalized spacial score (nSPS) is 16.7. The molecular weight excluding hydrogens is 252 g/mol. The first kappa shape index (κ1) is 12.9. The van der Waals surface area contributed by atoms with Gasteiger partial charge in [-0.05, 0) is 30.5 Å². The number of nitrogens with two attached hydrogens (primary N) is 1. The van der Waals surface area contributed by atoms with Gasteiger partial charge in [0.15, 0.2) is 0 Å². The second kappa shape index (κ2) is 4.98. The van der Waals surface area contributed by atoms with Crippen molar-refractivity contribution in [3.05, 3.63) is 34.9 Å². The number of halogens is 1. The molecule has 2 rings (SSSR count). The van der Waals surface area contributed by atoms with Crippen LogP contribution in [0.5, 0.6) is 0 Å². The Morgan fingerprint density at radius 3 is 2.61 bits per heavy atom. The molecule has 1 saturated carbocycles. The van der Waals surface area contributed by atoms with Gasteiger partial charge in [-0.15, -0.1) is 0 Å². The monoisotopic (exact) mass is 266 g/mol.